The summed E-state index contributed by atoms with van der Waals surface area (Å²) in [5.74, 6) is 0.189. The van der Waals surface area contributed by atoms with Crippen LogP contribution in [-0.2, 0) is 12.7 Å². The number of piperidine rings is 1. The summed E-state index contributed by atoms with van der Waals surface area (Å²) in [7, 11) is 0. The maximum absolute atomic E-state index is 13.2. The molecule has 0 aliphatic carbocycles. The van der Waals surface area contributed by atoms with Crippen LogP contribution in [0.5, 0.6) is 0 Å². The van der Waals surface area contributed by atoms with Gasteiger partial charge in [0, 0.05) is 17.7 Å². The molecule has 8 heteroatoms. The van der Waals surface area contributed by atoms with Crippen molar-refractivity contribution in [3.05, 3.63) is 77.3 Å². The number of fused-ring (bicyclic) bond motifs is 1. The monoisotopic (exact) mass is 454 g/mol. The van der Waals surface area contributed by atoms with Gasteiger partial charge in [0.1, 0.15) is 11.3 Å². The van der Waals surface area contributed by atoms with E-state index in [1.165, 1.54) is 23.2 Å². The lowest BCUT2D eigenvalue weighted by Gasteiger charge is -2.31. The fourth-order valence-electron chi connectivity index (χ4n) is 4.29. The molecule has 1 aliphatic rings. The highest BCUT2D eigenvalue weighted by molar-refractivity contribution is 7.18. The zero-order chi connectivity index (χ0) is 22.1. The molecule has 0 bridgehead atoms. The SMILES string of the molecule is FC(F)(F)c1cccc(-c2cncnc2C2CCN(Cc3nc4ccccc4s3)CC2)c1. The first-order valence-electron chi connectivity index (χ1n) is 10.5. The van der Waals surface area contributed by atoms with Crippen molar-refractivity contribution in [3.63, 3.8) is 0 Å². The average Bonchev–Trinajstić information content (AvgIpc) is 3.21. The second kappa shape index (κ2) is 8.60. The fourth-order valence-corrected chi connectivity index (χ4v) is 5.30. The number of rotatable bonds is 4. The third kappa shape index (κ3) is 4.38. The molecular formula is C24H21F3N4S. The van der Waals surface area contributed by atoms with Crippen molar-refractivity contribution >= 4 is 21.6 Å². The summed E-state index contributed by atoms with van der Waals surface area (Å²) in [6.45, 7) is 2.61. The van der Waals surface area contributed by atoms with Crippen LogP contribution in [-0.4, -0.2) is 32.9 Å². The molecule has 0 atom stereocenters. The molecule has 2 aromatic heterocycles. The summed E-state index contributed by atoms with van der Waals surface area (Å²) in [5.41, 5.74) is 2.40. The number of aromatic nitrogens is 3. The Bertz CT molecular complexity index is 1200. The van der Waals surface area contributed by atoms with Crippen molar-refractivity contribution in [1.29, 1.82) is 0 Å². The molecular weight excluding hydrogens is 433 g/mol. The summed E-state index contributed by atoms with van der Waals surface area (Å²) in [6, 6.07) is 13.6. The molecule has 0 radical (unpaired) electrons. The summed E-state index contributed by atoms with van der Waals surface area (Å²) in [5, 5.41) is 1.11. The van der Waals surface area contributed by atoms with Crippen LogP contribution >= 0.6 is 11.3 Å². The molecule has 3 heterocycles. The highest BCUT2D eigenvalue weighted by atomic mass is 32.1. The number of nitrogens with zero attached hydrogens (tertiary/aromatic N) is 4. The van der Waals surface area contributed by atoms with Gasteiger partial charge < -0.3 is 0 Å². The minimum absolute atomic E-state index is 0.189. The molecule has 0 N–H and O–H groups in total. The minimum atomic E-state index is -4.38. The Labute approximate surface area is 187 Å². The molecule has 1 aliphatic heterocycles. The molecule has 1 saturated heterocycles. The minimum Gasteiger partial charge on any atom is -0.297 e. The quantitative estimate of drug-likeness (QED) is 0.371. The van der Waals surface area contributed by atoms with Gasteiger partial charge in [-0.3, -0.25) is 4.90 Å². The third-order valence-corrected chi connectivity index (χ3v) is 6.94. The Hall–Kier alpha value is -2.84. The van der Waals surface area contributed by atoms with E-state index in [1.807, 2.05) is 18.2 Å². The van der Waals surface area contributed by atoms with Crippen molar-refractivity contribution in [1.82, 2.24) is 19.9 Å². The summed E-state index contributed by atoms with van der Waals surface area (Å²) < 4.78 is 40.8. The van der Waals surface area contributed by atoms with Gasteiger partial charge in [0.05, 0.1) is 28.0 Å². The van der Waals surface area contributed by atoms with Gasteiger partial charge in [-0.15, -0.1) is 11.3 Å². The van der Waals surface area contributed by atoms with E-state index in [9.17, 15) is 13.2 Å². The van der Waals surface area contributed by atoms with Gasteiger partial charge in [0.25, 0.3) is 0 Å². The van der Waals surface area contributed by atoms with Gasteiger partial charge >= 0.3 is 6.18 Å². The van der Waals surface area contributed by atoms with E-state index >= 15 is 0 Å². The molecule has 2 aromatic carbocycles. The lowest BCUT2D eigenvalue weighted by atomic mass is 9.88. The third-order valence-electron chi connectivity index (χ3n) is 5.92. The van der Waals surface area contributed by atoms with Gasteiger partial charge in [0.15, 0.2) is 0 Å². The number of alkyl halides is 3. The standard InChI is InChI=1S/C24H21F3N4S/c25-24(26,27)18-5-3-4-17(12-18)19-13-28-15-29-23(19)16-8-10-31(11-9-16)14-22-30-20-6-1-2-7-21(20)32-22/h1-7,12-13,15-16H,8-11,14H2. The summed E-state index contributed by atoms with van der Waals surface area (Å²) in [6.07, 6.45) is 0.533. The summed E-state index contributed by atoms with van der Waals surface area (Å²) in [4.78, 5) is 15.7. The maximum atomic E-state index is 13.2. The van der Waals surface area contributed by atoms with Gasteiger partial charge in [-0.2, -0.15) is 13.2 Å². The first-order valence-corrected chi connectivity index (χ1v) is 11.3. The van der Waals surface area contributed by atoms with Crippen molar-refractivity contribution in [2.45, 2.75) is 31.5 Å². The van der Waals surface area contributed by atoms with Gasteiger partial charge in [-0.05, 0) is 55.8 Å². The van der Waals surface area contributed by atoms with E-state index in [2.05, 4.69) is 20.9 Å². The van der Waals surface area contributed by atoms with Crippen LogP contribution in [0.15, 0.2) is 61.1 Å². The van der Waals surface area contributed by atoms with E-state index in [4.69, 9.17) is 4.98 Å². The normalized spacial score (nSPS) is 16.0. The molecule has 0 spiro atoms. The Balaban J connectivity index is 1.31. The van der Waals surface area contributed by atoms with Crippen molar-refractivity contribution in [3.8, 4) is 11.1 Å². The Kier molecular flexibility index (Phi) is 5.65. The molecule has 5 rings (SSSR count). The number of hydrogen-bond acceptors (Lipinski definition) is 5. The number of halogens is 3. The number of thiazole rings is 1. The first-order chi connectivity index (χ1) is 15.5. The molecule has 164 valence electrons. The van der Waals surface area contributed by atoms with E-state index < -0.39 is 11.7 Å². The van der Waals surface area contributed by atoms with E-state index in [-0.39, 0.29) is 5.92 Å². The van der Waals surface area contributed by atoms with Gasteiger partial charge in [-0.1, -0.05) is 24.3 Å². The van der Waals surface area contributed by atoms with Crippen LogP contribution in [0.3, 0.4) is 0 Å². The van der Waals surface area contributed by atoms with Crippen LogP contribution in [0.4, 0.5) is 13.2 Å². The van der Waals surface area contributed by atoms with Crippen molar-refractivity contribution in [2.24, 2.45) is 0 Å². The molecule has 0 saturated carbocycles. The smallest absolute Gasteiger partial charge is 0.297 e. The van der Waals surface area contributed by atoms with Crippen molar-refractivity contribution in [2.75, 3.05) is 13.1 Å². The lowest BCUT2D eigenvalue weighted by molar-refractivity contribution is -0.137. The summed E-state index contributed by atoms with van der Waals surface area (Å²) >= 11 is 1.73. The van der Waals surface area contributed by atoms with E-state index in [0.29, 0.717) is 11.1 Å². The number of benzene rings is 2. The molecule has 4 nitrogen and oxygen atoms in total. The number of para-hydroxylation sites is 1. The molecule has 32 heavy (non-hydrogen) atoms. The predicted octanol–water partition coefficient (Wildman–Crippen LogP) is 6.15. The average molecular weight is 455 g/mol. The second-order valence-corrected chi connectivity index (χ2v) is 9.14. The van der Waals surface area contributed by atoms with E-state index in [0.717, 1.165) is 54.8 Å². The maximum Gasteiger partial charge on any atom is 0.416 e. The topological polar surface area (TPSA) is 41.9 Å². The highest BCUT2D eigenvalue weighted by Gasteiger charge is 2.31. The van der Waals surface area contributed by atoms with Gasteiger partial charge in [0.2, 0.25) is 0 Å². The van der Waals surface area contributed by atoms with Crippen LogP contribution in [0, 0.1) is 0 Å². The molecule has 4 aromatic rings. The molecule has 1 fully saturated rings. The Morgan fingerprint density at radius 2 is 1.84 bits per heavy atom. The second-order valence-electron chi connectivity index (χ2n) is 8.03. The Morgan fingerprint density at radius 3 is 2.62 bits per heavy atom. The van der Waals surface area contributed by atoms with Gasteiger partial charge in [-0.25, -0.2) is 15.0 Å². The largest absolute Gasteiger partial charge is 0.416 e. The zero-order valence-corrected chi connectivity index (χ0v) is 18.0. The predicted molar refractivity (Wildman–Crippen MR) is 119 cm³/mol. The number of likely N-dealkylation sites (tertiary alicyclic amines) is 1. The van der Waals surface area contributed by atoms with Crippen LogP contribution in [0.1, 0.15) is 35.0 Å². The fraction of sp³-hybridized carbons (Fsp3) is 0.292. The number of hydrogen-bond donors (Lipinski definition) is 0. The van der Waals surface area contributed by atoms with E-state index in [1.54, 1.807) is 23.6 Å². The lowest BCUT2D eigenvalue weighted by Crippen LogP contribution is -2.32. The molecule has 0 unspecified atom stereocenters. The molecule has 0 amide bonds. The Morgan fingerprint density at radius 1 is 1.03 bits per heavy atom. The van der Waals surface area contributed by atoms with Crippen molar-refractivity contribution < 1.29 is 13.2 Å². The zero-order valence-electron chi connectivity index (χ0n) is 17.2. The van der Waals surface area contributed by atoms with Crippen LogP contribution in [0.25, 0.3) is 21.3 Å². The highest BCUT2D eigenvalue weighted by Crippen LogP contribution is 2.37. The van der Waals surface area contributed by atoms with Crippen LogP contribution < -0.4 is 0 Å². The first kappa shape index (κ1) is 21.0. The van der Waals surface area contributed by atoms with Crippen LogP contribution in [0.2, 0.25) is 0 Å².